The highest BCUT2D eigenvalue weighted by Gasteiger charge is 2.46. The van der Waals surface area contributed by atoms with Crippen LogP contribution in [0.15, 0.2) is 18.2 Å². The van der Waals surface area contributed by atoms with Crippen molar-refractivity contribution in [2.75, 3.05) is 20.8 Å². The van der Waals surface area contributed by atoms with Gasteiger partial charge in [-0.1, -0.05) is 18.9 Å². The summed E-state index contributed by atoms with van der Waals surface area (Å²) in [6, 6.07) is 6.40. The first-order valence-corrected chi connectivity index (χ1v) is 7.65. The molecule has 3 unspecified atom stereocenters. The summed E-state index contributed by atoms with van der Waals surface area (Å²) in [6.45, 7) is 3.48. The maximum absolute atomic E-state index is 5.45. The van der Waals surface area contributed by atoms with Crippen LogP contribution in [0.1, 0.15) is 44.1 Å². The number of ether oxygens (including phenoxy) is 2. The average molecular weight is 275 g/mol. The Morgan fingerprint density at radius 2 is 1.95 bits per heavy atom. The first-order valence-electron chi connectivity index (χ1n) is 7.65. The number of hydrogen-bond donors (Lipinski definition) is 1. The first kappa shape index (κ1) is 13.7. The summed E-state index contributed by atoms with van der Waals surface area (Å²) in [5, 5.41) is 3.78. The second kappa shape index (κ2) is 5.28. The van der Waals surface area contributed by atoms with Gasteiger partial charge < -0.3 is 14.8 Å². The molecule has 1 heterocycles. The molecule has 3 atom stereocenters. The number of rotatable bonds is 3. The molecule has 1 saturated heterocycles. The van der Waals surface area contributed by atoms with Crippen molar-refractivity contribution in [1.82, 2.24) is 5.32 Å². The minimum atomic E-state index is 0.329. The van der Waals surface area contributed by atoms with E-state index >= 15 is 0 Å². The number of hydrogen-bond acceptors (Lipinski definition) is 3. The van der Waals surface area contributed by atoms with Crippen LogP contribution in [0, 0.1) is 5.92 Å². The Morgan fingerprint density at radius 1 is 1.15 bits per heavy atom. The minimum absolute atomic E-state index is 0.329. The van der Waals surface area contributed by atoms with Gasteiger partial charge in [0.1, 0.15) is 0 Å². The van der Waals surface area contributed by atoms with Crippen LogP contribution in [0.3, 0.4) is 0 Å². The topological polar surface area (TPSA) is 30.5 Å². The molecule has 110 valence electrons. The first-order chi connectivity index (χ1) is 9.68. The summed E-state index contributed by atoms with van der Waals surface area (Å²) in [5.74, 6) is 3.00. The van der Waals surface area contributed by atoms with E-state index in [1.54, 1.807) is 14.2 Å². The molecule has 1 saturated carbocycles. The van der Waals surface area contributed by atoms with Crippen molar-refractivity contribution in [3.05, 3.63) is 23.8 Å². The van der Waals surface area contributed by atoms with Crippen molar-refractivity contribution < 1.29 is 9.47 Å². The van der Waals surface area contributed by atoms with Crippen LogP contribution in [-0.4, -0.2) is 26.3 Å². The molecule has 20 heavy (non-hydrogen) atoms. The third-order valence-electron chi connectivity index (χ3n) is 5.33. The van der Waals surface area contributed by atoms with Gasteiger partial charge in [-0.25, -0.2) is 0 Å². The third-order valence-corrected chi connectivity index (χ3v) is 5.33. The highest BCUT2D eigenvalue weighted by atomic mass is 16.5. The van der Waals surface area contributed by atoms with Crippen molar-refractivity contribution in [2.24, 2.45) is 5.92 Å². The normalized spacial score (nSPS) is 32.8. The van der Waals surface area contributed by atoms with Gasteiger partial charge in [-0.3, -0.25) is 0 Å². The monoisotopic (exact) mass is 275 g/mol. The lowest BCUT2D eigenvalue weighted by molar-refractivity contribution is 0.206. The Balaban J connectivity index is 1.89. The molecule has 3 rings (SSSR count). The van der Waals surface area contributed by atoms with Crippen molar-refractivity contribution in [2.45, 2.75) is 44.1 Å². The van der Waals surface area contributed by atoms with Gasteiger partial charge in [0.15, 0.2) is 11.5 Å². The fraction of sp³-hybridized carbons (Fsp3) is 0.647. The molecule has 0 radical (unpaired) electrons. The average Bonchev–Trinajstić information content (AvgIpc) is 2.83. The van der Waals surface area contributed by atoms with Crippen LogP contribution in [0.4, 0.5) is 0 Å². The Bertz CT molecular complexity index is 488. The Morgan fingerprint density at radius 3 is 2.70 bits per heavy atom. The van der Waals surface area contributed by atoms with Gasteiger partial charge in [-0.05, 0) is 43.4 Å². The molecular weight excluding hydrogens is 250 g/mol. The number of nitrogens with one attached hydrogen (secondary N) is 1. The summed E-state index contributed by atoms with van der Waals surface area (Å²) in [4.78, 5) is 0. The van der Waals surface area contributed by atoms with Gasteiger partial charge in [0.05, 0.1) is 14.2 Å². The van der Waals surface area contributed by atoms with E-state index in [0.717, 1.165) is 24.0 Å². The maximum atomic E-state index is 5.45. The van der Waals surface area contributed by atoms with Gasteiger partial charge in [0.2, 0.25) is 0 Å². The highest BCUT2D eigenvalue weighted by Crippen LogP contribution is 2.47. The van der Waals surface area contributed by atoms with E-state index in [4.69, 9.17) is 9.47 Å². The third kappa shape index (κ3) is 2.18. The predicted molar refractivity (Wildman–Crippen MR) is 80.7 cm³/mol. The lowest BCUT2D eigenvalue weighted by Crippen LogP contribution is -2.43. The Kier molecular flexibility index (Phi) is 3.63. The second-order valence-electron chi connectivity index (χ2n) is 6.37. The molecule has 1 aromatic rings. The highest BCUT2D eigenvalue weighted by molar-refractivity contribution is 5.44. The smallest absolute Gasteiger partial charge is 0.160 e. The Hall–Kier alpha value is -1.22. The maximum Gasteiger partial charge on any atom is 0.160 e. The zero-order valence-corrected chi connectivity index (χ0v) is 12.7. The van der Waals surface area contributed by atoms with Crippen LogP contribution >= 0.6 is 0 Å². The quantitative estimate of drug-likeness (QED) is 0.917. The summed E-state index contributed by atoms with van der Waals surface area (Å²) < 4.78 is 10.8. The van der Waals surface area contributed by atoms with Crippen LogP contribution < -0.4 is 14.8 Å². The number of methoxy groups -OCH3 is 2. The molecule has 3 nitrogen and oxygen atoms in total. The predicted octanol–water partition coefficient (Wildman–Crippen LogP) is 3.34. The fourth-order valence-electron chi connectivity index (χ4n) is 4.14. The SMILES string of the molecule is COc1ccc(C2CNC3(C)CCCCC23)cc1OC. The van der Waals surface area contributed by atoms with Crippen molar-refractivity contribution in [3.63, 3.8) is 0 Å². The van der Waals surface area contributed by atoms with Crippen molar-refractivity contribution in [1.29, 1.82) is 0 Å². The molecular formula is C17H25NO2. The van der Waals surface area contributed by atoms with Gasteiger partial charge in [0, 0.05) is 18.0 Å². The van der Waals surface area contributed by atoms with Crippen LogP contribution in [0.2, 0.25) is 0 Å². The van der Waals surface area contributed by atoms with Gasteiger partial charge in [0.25, 0.3) is 0 Å². The van der Waals surface area contributed by atoms with Crippen LogP contribution in [0.25, 0.3) is 0 Å². The molecule has 0 amide bonds. The van der Waals surface area contributed by atoms with E-state index in [1.807, 2.05) is 6.07 Å². The van der Waals surface area contributed by atoms with Gasteiger partial charge >= 0.3 is 0 Å². The molecule has 0 spiro atoms. The van der Waals surface area contributed by atoms with Crippen LogP contribution in [0.5, 0.6) is 11.5 Å². The van der Waals surface area contributed by atoms with E-state index in [1.165, 1.54) is 31.2 Å². The summed E-state index contributed by atoms with van der Waals surface area (Å²) in [7, 11) is 3.39. The lowest BCUT2D eigenvalue weighted by atomic mass is 9.70. The van der Waals surface area contributed by atoms with Crippen LogP contribution in [-0.2, 0) is 0 Å². The lowest BCUT2D eigenvalue weighted by Gasteiger charge is -2.38. The molecule has 2 fully saturated rings. The second-order valence-corrected chi connectivity index (χ2v) is 6.37. The summed E-state index contributed by atoms with van der Waals surface area (Å²) in [6.07, 6.45) is 5.37. The number of benzene rings is 1. The zero-order valence-electron chi connectivity index (χ0n) is 12.7. The molecule has 0 aromatic heterocycles. The standard InChI is InChI=1S/C17H25NO2/c1-17-9-5-4-6-14(17)13(11-18-17)12-7-8-15(19-2)16(10-12)20-3/h7-8,10,13-14,18H,4-6,9,11H2,1-3H3. The zero-order chi connectivity index (χ0) is 14.2. The molecule has 1 aliphatic carbocycles. The van der Waals surface area contributed by atoms with E-state index in [9.17, 15) is 0 Å². The van der Waals surface area contributed by atoms with Crippen molar-refractivity contribution in [3.8, 4) is 11.5 Å². The largest absolute Gasteiger partial charge is 0.493 e. The number of fused-ring (bicyclic) bond motifs is 1. The molecule has 1 aromatic carbocycles. The fourth-order valence-corrected chi connectivity index (χ4v) is 4.14. The molecule has 1 aliphatic heterocycles. The van der Waals surface area contributed by atoms with E-state index in [0.29, 0.717) is 11.5 Å². The molecule has 1 N–H and O–H groups in total. The molecule has 2 aliphatic rings. The van der Waals surface area contributed by atoms with Gasteiger partial charge in [-0.2, -0.15) is 0 Å². The molecule has 0 bridgehead atoms. The Labute approximate surface area is 121 Å². The van der Waals surface area contributed by atoms with Gasteiger partial charge in [-0.15, -0.1) is 0 Å². The summed E-state index contributed by atoms with van der Waals surface area (Å²) in [5.41, 5.74) is 1.71. The van der Waals surface area contributed by atoms with E-state index < -0.39 is 0 Å². The van der Waals surface area contributed by atoms with E-state index in [2.05, 4.69) is 24.4 Å². The van der Waals surface area contributed by atoms with E-state index in [-0.39, 0.29) is 0 Å². The van der Waals surface area contributed by atoms with Crippen molar-refractivity contribution >= 4 is 0 Å². The summed E-state index contributed by atoms with van der Waals surface area (Å²) >= 11 is 0. The molecule has 3 heteroatoms. The minimum Gasteiger partial charge on any atom is -0.493 e.